The minimum atomic E-state index is 0.282. The van der Waals surface area contributed by atoms with Gasteiger partial charge in [0.25, 0.3) is 0 Å². The van der Waals surface area contributed by atoms with E-state index in [4.69, 9.17) is 0 Å². The summed E-state index contributed by atoms with van der Waals surface area (Å²) in [5.74, 6) is 0.505. The molecule has 2 heterocycles. The average Bonchev–Trinajstić information content (AvgIpc) is 2.53. The van der Waals surface area contributed by atoms with E-state index in [2.05, 4.69) is 23.3 Å². The molecule has 0 aromatic rings. The SMILES string of the molecule is CC.CC1=CNC2N=CC=CC12. The Morgan fingerprint density at radius 3 is 2.83 bits per heavy atom. The second kappa shape index (κ2) is 4.10. The molecular formula is C10H16N2. The summed E-state index contributed by atoms with van der Waals surface area (Å²) in [4.78, 5) is 4.27. The fraction of sp³-hybridized carbons (Fsp3) is 0.500. The Hall–Kier alpha value is -1.05. The molecule has 2 atom stereocenters. The Kier molecular flexibility index (Phi) is 3.09. The van der Waals surface area contributed by atoms with Crippen molar-refractivity contribution < 1.29 is 0 Å². The van der Waals surface area contributed by atoms with Gasteiger partial charge in [0.15, 0.2) is 0 Å². The number of fused-ring (bicyclic) bond motifs is 1. The summed E-state index contributed by atoms with van der Waals surface area (Å²) in [5, 5.41) is 3.20. The molecule has 2 unspecified atom stereocenters. The summed E-state index contributed by atoms with van der Waals surface area (Å²) in [6.07, 6.45) is 8.36. The predicted octanol–water partition coefficient (Wildman–Crippen LogP) is 2.10. The lowest BCUT2D eigenvalue weighted by molar-refractivity contribution is 0.559. The van der Waals surface area contributed by atoms with Crippen LogP contribution in [0, 0.1) is 5.92 Å². The van der Waals surface area contributed by atoms with Crippen molar-refractivity contribution >= 4 is 6.21 Å². The number of rotatable bonds is 0. The fourth-order valence-electron chi connectivity index (χ4n) is 1.37. The van der Waals surface area contributed by atoms with E-state index in [1.807, 2.05) is 32.3 Å². The molecule has 0 saturated heterocycles. The van der Waals surface area contributed by atoms with Crippen molar-refractivity contribution in [3.63, 3.8) is 0 Å². The topological polar surface area (TPSA) is 24.4 Å². The number of dihydropyridines is 1. The van der Waals surface area contributed by atoms with Crippen LogP contribution in [0.4, 0.5) is 0 Å². The van der Waals surface area contributed by atoms with E-state index in [9.17, 15) is 0 Å². The maximum atomic E-state index is 4.27. The predicted molar refractivity (Wildman–Crippen MR) is 53.2 cm³/mol. The quantitative estimate of drug-likeness (QED) is 0.582. The number of hydrogen-bond donors (Lipinski definition) is 1. The Labute approximate surface area is 74.1 Å². The highest BCUT2D eigenvalue weighted by Crippen LogP contribution is 2.23. The van der Waals surface area contributed by atoms with Crippen LogP contribution in [0.2, 0.25) is 0 Å². The van der Waals surface area contributed by atoms with E-state index in [1.54, 1.807) is 0 Å². The van der Waals surface area contributed by atoms with Gasteiger partial charge in [-0.1, -0.05) is 19.9 Å². The summed E-state index contributed by atoms with van der Waals surface area (Å²) in [7, 11) is 0. The monoisotopic (exact) mass is 164 g/mol. The molecule has 2 nitrogen and oxygen atoms in total. The van der Waals surface area contributed by atoms with Crippen molar-refractivity contribution in [2.75, 3.05) is 0 Å². The zero-order valence-electron chi connectivity index (χ0n) is 7.91. The van der Waals surface area contributed by atoms with E-state index < -0.39 is 0 Å². The van der Waals surface area contributed by atoms with Crippen molar-refractivity contribution in [3.05, 3.63) is 23.9 Å². The second-order valence-corrected chi connectivity index (χ2v) is 2.71. The molecule has 0 radical (unpaired) electrons. The van der Waals surface area contributed by atoms with Gasteiger partial charge in [-0.05, 0) is 24.8 Å². The van der Waals surface area contributed by atoms with Crippen LogP contribution >= 0.6 is 0 Å². The maximum absolute atomic E-state index is 4.27. The molecule has 66 valence electrons. The number of nitrogens with one attached hydrogen (secondary N) is 1. The van der Waals surface area contributed by atoms with E-state index in [0.717, 1.165) is 0 Å². The second-order valence-electron chi connectivity index (χ2n) is 2.71. The van der Waals surface area contributed by atoms with Gasteiger partial charge in [-0.15, -0.1) is 0 Å². The van der Waals surface area contributed by atoms with Crippen LogP contribution in [0.15, 0.2) is 28.9 Å². The van der Waals surface area contributed by atoms with Crippen LogP contribution in [0.1, 0.15) is 20.8 Å². The van der Waals surface area contributed by atoms with Gasteiger partial charge in [-0.25, -0.2) is 0 Å². The summed E-state index contributed by atoms with van der Waals surface area (Å²) in [6.45, 7) is 6.13. The standard InChI is InChI=1S/C8H10N2.C2H6/c1-6-5-10-8-7(6)3-2-4-9-8;1-2/h2-5,7-8,10H,1H3;1-2H3. The molecule has 0 aromatic carbocycles. The normalized spacial score (nSPS) is 29.8. The molecule has 12 heavy (non-hydrogen) atoms. The Morgan fingerprint density at radius 1 is 1.42 bits per heavy atom. The van der Waals surface area contributed by atoms with Crippen LogP contribution in [0.5, 0.6) is 0 Å². The van der Waals surface area contributed by atoms with Crippen LogP contribution in [-0.4, -0.2) is 12.4 Å². The van der Waals surface area contributed by atoms with Gasteiger partial charge in [0.05, 0.1) is 0 Å². The lowest BCUT2D eigenvalue weighted by Crippen LogP contribution is -2.25. The van der Waals surface area contributed by atoms with Gasteiger partial charge in [-0.2, -0.15) is 0 Å². The summed E-state index contributed by atoms with van der Waals surface area (Å²) >= 11 is 0. The molecule has 0 amide bonds. The minimum Gasteiger partial charge on any atom is -0.369 e. The van der Waals surface area contributed by atoms with E-state index in [0.29, 0.717) is 5.92 Å². The highest BCUT2D eigenvalue weighted by molar-refractivity contribution is 5.72. The lowest BCUT2D eigenvalue weighted by atomic mass is 9.99. The molecule has 2 aliphatic rings. The number of hydrogen-bond acceptors (Lipinski definition) is 2. The third kappa shape index (κ3) is 1.58. The molecule has 0 fully saturated rings. The van der Waals surface area contributed by atoms with Crippen molar-refractivity contribution in [1.29, 1.82) is 0 Å². The summed E-state index contributed by atoms with van der Waals surface area (Å²) in [5.41, 5.74) is 1.37. The Morgan fingerprint density at radius 2 is 2.17 bits per heavy atom. The first-order valence-electron chi connectivity index (χ1n) is 4.50. The van der Waals surface area contributed by atoms with Crippen LogP contribution < -0.4 is 5.32 Å². The average molecular weight is 164 g/mol. The van der Waals surface area contributed by atoms with Crippen molar-refractivity contribution in [3.8, 4) is 0 Å². The smallest absolute Gasteiger partial charge is 0.128 e. The van der Waals surface area contributed by atoms with Gasteiger partial charge in [0, 0.05) is 12.1 Å². The minimum absolute atomic E-state index is 0.282. The molecule has 0 saturated carbocycles. The fourth-order valence-corrected chi connectivity index (χ4v) is 1.37. The summed E-state index contributed by atoms with van der Waals surface area (Å²) < 4.78 is 0. The number of nitrogens with zero attached hydrogens (tertiary/aromatic N) is 1. The molecule has 1 N–H and O–H groups in total. The van der Waals surface area contributed by atoms with Gasteiger partial charge < -0.3 is 5.32 Å². The van der Waals surface area contributed by atoms with Crippen LogP contribution in [0.3, 0.4) is 0 Å². The van der Waals surface area contributed by atoms with Gasteiger partial charge in [0.1, 0.15) is 6.17 Å². The van der Waals surface area contributed by atoms with Gasteiger partial charge in [0.2, 0.25) is 0 Å². The maximum Gasteiger partial charge on any atom is 0.128 e. The zero-order chi connectivity index (χ0) is 8.97. The molecule has 0 aromatic heterocycles. The molecule has 2 heteroatoms. The molecule has 0 aliphatic carbocycles. The first-order valence-corrected chi connectivity index (χ1v) is 4.50. The van der Waals surface area contributed by atoms with Crippen LogP contribution in [-0.2, 0) is 0 Å². The summed E-state index contributed by atoms with van der Waals surface area (Å²) in [6, 6.07) is 0. The molecule has 2 aliphatic heterocycles. The molecule has 0 bridgehead atoms. The third-order valence-corrected chi connectivity index (χ3v) is 2.00. The zero-order valence-corrected chi connectivity index (χ0v) is 7.91. The highest BCUT2D eigenvalue weighted by Gasteiger charge is 2.24. The van der Waals surface area contributed by atoms with E-state index in [-0.39, 0.29) is 6.17 Å². The Bertz CT molecular complexity index is 226. The van der Waals surface area contributed by atoms with Crippen molar-refractivity contribution in [2.45, 2.75) is 26.9 Å². The van der Waals surface area contributed by atoms with Crippen molar-refractivity contribution in [2.24, 2.45) is 10.9 Å². The molecular weight excluding hydrogens is 148 g/mol. The van der Waals surface area contributed by atoms with Crippen LogP contribution in [0.25, 0.3) is 0 Å². The third-order valence-electron chi connectivity index (χ3n) is 2.00. The highest BCUT2D eigenvalue weighted by atomic mass is 15.1. The first kappa shape index (κ1) is 9.04. The van der Waals surface area contributed by atoms with Gasteiger partial charge >= 0.3 is 0 Å². The first-order chi connectivity index (χ1) is 5.88. The van der Waals surface area contributed by atoms with Gasteiger partial charge in [-0.3, -0.25) is 4.99 Å². The number of aliphatic imine (C=N–C) groups is 1. The molecule has 0 spiro atoms. The largest absolute Gasteiger partial charge is 0.369 e. The Balaban J connectivity index is 0.000000336. The number of allylic oxidation sites excluding steroid dienone is 1. The lowest BCUT2D eigenvalue weighted by Gasteiger charge is -2.15. The van der Waals surface area contributed by atoms with Crippen molar-refractivity contribution in [1.82, 2.24) is 5.32 Å². The van der Waals surface area contributed by atoms with E-state index in [1.165, 1.54) is 5.57 Å². The molecule has 2 rings (SSSR count). The van der Waals surface area contributed by atoms with E-state index >= 15 is 0 Å².